The lowest BCUT2D eigenvalue weighted by atomic mass is 10.0. The van der Waals surface area contributed by atoms with Crippen LogP contribution in [0.25, 0.3) is 0 Å². The van der Waals surface area contributed by atoms with E-state index in [1.807, 2.05) is 0 Å². The first kappa shape index (κ1) is 25.1. The number of aryl methyl sites for hydroxylation is 1. The lowest BCUT2D eigenvalue weighted by molar-refractivity contribution is -0.132. The number of hydrogen-bond donors (Lipinski definition) is 0. The number of unbranched alkanes of at least 4 members (excludes halogenated alkanes) is 7. The summed E-state index contributed by atoms with van der Waals surface area (Å²) in [7, 11) is 0. The Labute approximate surface area is 177 Å². The number of hydrogen-bond acceptors (Lipinski definition) is 7. The van der Waals surface area contributed by atoms with Gasteiger partial charge in [0.2, 0.25) is 0 Å². The van der Waals surface area contributed by atoms with Crippen LogP contribution in [0.15, 0.2) is 30.9 Å². The molecule has 0 aliphatic carbocycles. The number of carbonyl (C=O) groups is 4. The van der Waals surface area contributed by atoms with Gasteiger partial charge in [0.15, 0.2) is 0 Å². The fourth-order valence-corrected chi connectivity index (χ4v) is 2.74. The molecule has 0 amide bonds. The van der Waals surface area contributed by atoms with Crippen molar-refractivity contribution in [3.8, 4) is 0 Å². The SMILES string of the molecule is C=CC(=O)OC(=O)c1cc(C)ccc1C(=O)OC(=O)OCCCCCCCCCC. The van der Waals surface area contributed by atoms with E-state index in [1.165, 1.54) is 37.8 Å². The molecule has 1 aromatic carbocycles. The average molecular weight is 418 g/mol. The lowest BCUT2D eigenvalue weighted by Crippen LogP contribution is -2.19. The summed E-state index contributed by atoms with van der Waals surface area (Å²) >= 11 is 0. The number of esters is 3. The summed E-state index contributed by atoms with van der Waals surface area (Å²) in [6.45, 7) is 7.23. The first-order valence-electron chi connectivity index (χ1n) is 10.3. The minimum Gasteiger partial charge on any atom is -0.434 e. The third-order valence-corrected chi connectivity index (χ3v) is 4.37. The van der Waals surface area contributed by atoms with Gasteiger partial charge in [0.25, 0.3) is 0 Å². The first-order valence-corrected chi connectivity index (χ1v) is 10.3. The third-order valence-electron chi connectivity index (χ3n) is 4.37. The largest absolute Gasteiger partial charge is 0.516 e. The van der Waals surface area contributed by atoms with Gasteiger partial charge in [-0.1, -0.05) is 70.1 Å². The van der Waals surface area contributed by atoms with E-state index in [1.54, 1.807) is 13.0 Å². The van der Waals surface area contributed by atoms with Crippen LogP contribution in [-0.4, -0.2) is 30.7 Å². The van der Waals surface area contributed by atoms with Crippen molar-refractivity contribution in [2.75, 3.05) is 6.61 Å². The van der Waals surface area contributed by atoms with Crippen molar-refractivity contribution in [2.24, 2.45) is 0 Å². The molecular weight excluding hydrogens is 388 g/mol. The Morgan fingerprint density at radius 3 is 2.10 bits per heavy atom. The summed E-state index contributed by atoms with van der Waals surface area (Å²) < 4.78 is 14.1. The monoisotopic (exact) mass is 418 g/mol. The van der Waals surface area contributed by atoms with Crippen molar-refractivity contribution in [1.29, 1.82) is 0 Å². The van der Waals surface area contributed by atoms with Gasteiger partial charge in [-0.05, 0) is 25.5 Å². The molecule has 0 radical (unpaired) electrons. The zero-order valence-corrected chi connectivity index (χ0v) is 17.7. The molecule has 0 N–H and O–H groups in total. The fraction of sp³-hybridized carbons (Fsp3) is 0.478. The van der Waals surface area contributed by atoms with Crippen LogP contribution in [-0.2, 0) is 19.0 Å². The molecule has 0 bridgehead atoms. The highest BCUT2D eigenvalue weighted by atomic mass is 16.7. The van der Waals surface area contributed by atoms with Gasteiger partial charge in [0.1, 0.15) is 0 Å². The summed E-state index contributed by atoms with van der Waals surface area (Å²) in [5.41, 5.74) is 0.263. The second kappa shape index (κ2) is 14.1. The zero-order valence-electron chi connectivity index (χ0n) is 17.7. The van der Waals surface area contributed by atoms with E-state index in [2.05, 4.69) is 23.0 Å². The number of rotatable bonds is 12. The maximum Gasteiger partial charge on any atom is 0.516 e. The molecule has 0 aliphatic rings. The van der Waals surface area contributed by atoms with Gasteiger partial charge in [-0.3, -0.25) is 0 Å². The lowest BCUT2D eigenvalue weighted by Gasteiger charge is -2.09. The minimum absolute atomic E-state index is 0.151. The van der Waals surface area contributed by atoms with E-state index in [9.17, 15) is 19.2 Å². The van der Waals surface area contributed by atoms with Gasteiger partial charge in [-0.15, -0.1) is 0 Å². The van der Waals surface area contributed by atoms with Gasteiger partial charge >= 0.3 is 24.1 Å². The van der Waals surface area contributed by atoms with Crippen molar-refractivity contribution < 1.29 is 33.4 Å². The van der Waals surface area contributed by atoms with Crippen LogP contribution in [0.5, 0.6) is 0 Å². The average Bonchev–Trinajstić information content (AvgIpc) is 2.72. The van der Waals surface area contributed by atoms with Crippen LogP contribution in [0.4, 0.5) is 4.79 Å². The van der Waals surface area contributed by atoms with Crippen molar-refractivity contribution in [3.05, 3.63) is 47.5 Å². The highest BCUT2D eigenvalue weighted by molar-refractivity contribution is 6.08. The van der Waals surface area contributed by atoms with Crippen LogP contribution in [0.1, 0.15) is 84.6 Å². The van der Waals surface area contributed by atoms with Crippen molar-refractivity contribution in [3.63, 3.8) is 0 Å². The van der Waals surface area contributed by atoms with Gasteiger partial charge in [-0.25, -0.2) is 19.2 Å². The predicted molar refractivity (Wildman–Crippen MR) is 111 cm³/mol. The molecule has 0 saturated heterocycles. The van der Waals surface area contributed by atoms with Crippen LogP contribution in [0.2, 0.25) is 0 Å². The molecule has 0 fully saturated rings. The number of benzene rings is 1. The van der Waals surface area contributed by atoms with E-state index in [0.717, 1.165) is 25.3 Å². The number of carbonyl (C=O) groups excluding carboxylic acids is 4. The predicted octanol–water partition coefficient (Wildman–Crippen LogP) is 5.30. The molecule has 0 atom stereocenters. The van der Waals surface area contributed by atoms with E-state index >= 15 is 0 Å². The minimum atomic E-state index is -1.13. The molecule has 0 saturated carbocycles. The van der Waals surface area contributed by atoms with Crippen LogP contribution >= 0.6 is 0 Å². The smallest absolute Gasteiger partial charge is 0.434 e. The summed E-state index contributed by atoms with van der Waals surface area (Å²) in [6.07, 6.45) is 8.47. The van der Waals surface area contributed by atoms with E-state index in [0.29, 0.717) is 12.0 Å². The van der Waals surface area contributed by atoms with Crippen molar-refractivity contribution >= 4 is 24.1 Å². The Bertz CT molecular complexity index is 752. The van der Waals surface area contributed by atoms with Crippen LogP contribution < -0.4 is 0 Å². The summed E-state index contributed by atoms with van der Waals surface area (Å²) in [5.74, 6) is -3.05. The zero-order chi connectivity index (χ0) is 22.4. The Morgan fingerprint density at radius 2 is 1.47 bits per heavy atom. The Morgan fingerprint density at radius 1 is 0.867 bits per heavy atom. The fourth-order valence-electron chi connectivity index (χ4n) is 2.74. The molecule has 0 spiro atoms. The highest BCUT2D eigenvalue weighted by Crippen LogP contribution is 2.16. The van der Waals surface area contributed by atoms with Gasteiger partial charge in [-0.2, -0.15) is 0 Å². The maximum atomic E-state index is 12.3. The maximum absolute atomic E-state index is 12.3. The molecule has 7 heteroatoms. The van der Waals surface area contributed by atoms with E-state index in [4.69, 9.17) is 4.74 Å². The second-order valence-corrected chi connectivity index (χ2v) is 6.92. The summed E-state index contributed by atoms with van der Waals surface area (Å²) in [5, 5.41) is 0. The van der Waals surface area contributed by atoms with Gasteiger partial charge < -0.3 is 14.2 Å². The third kappa shape index (κ3) is 9.49. The molecule has 30 heavy (non-hydrogen) atoms. The summed E-state index contributed by atoms with van der Waals surface area (Å²) in [6, 6.07) is 4.24. The molecule has 7 nitrogen and oxygen atoms in total. The molecule has 0 aromatic heterocycles. The van der Waals surface area contributed by atoms with E-state index < -0.39 is 24.1 Å². The second-order valence-electron chi connectivity index (χ2n) is 6.92. The van der Waals surface area contributed by atoms with Crippen molar-refractivity contribution in [2.45, 2.75) is 65.2 Å². The number of ether oxygens (including phenoxy) is 3. The molecule has 1 aromatic rings. The first-order chi connectivity index (χ1) is 14.4. The Hall–Kier alpha value is -2.96. The van der Waals surface area contributed by atoms with Gasteiger partial charge in [0.05, 0.1) is 17.7 Å². The molecule has 164 valence electrons. The molecule has 1 rings (SSSR count). The van der Waals surface area contributed by atoms with Crippen LogP contribution in [0.3, 0.4) is 0 Å². The standard InChI is InChI=1S/C23H30O7/c1-4-6-7-8-9-10-11-12-15-28-23(27)30-21(25)18-14-13-17(3)16-19(18)22(26)29-20(24)5-2/h5,13-14,16H,2,4,6-12,15H2,1,3H3. The van der Waals surface area contributed by atoms with Gasteiger partial charge in [0, 0.05) is 6.08 Å². The molecule has 0 aliphatic heterocycles. The quantitative estimate of drug-likeness (QED) is 0.197. The van der Waals surface area contributed by atoms with E-state index in [-0.39, 0.29) is 17.7 Å². The molecule has 0 unspecified atom stereocenters. The molecular formula is C23H30O7. The van der Waals surface area contributed by atoms with Crippen molar-refractivity contribution in [1.82, 2.24) is 0 Å². The topological polar surface area (TPSA) is 96.0 Å². The van der Waals surface area contributed by atoms with Crippen LogP contribution in [0, 0.1) is 6.92 Å². The Balaban J connectivity index is 2.48. The highest BCUT2D eigenvalue weighted by Gasteiger charge is 2.23. The molecule has 0 heterocycles. The summed E-state index contributed by atoms with van der Waals surface area (Å²) in [4.78, 5) is 47.4. The normalized spacial score (nSPS) is 10.2. The Kier molecular flexibility index (Phi) is 11.8.